The average Bonchev–Trinajstić information content (AvgIpc) is 2.83. The molecular formula is C25H20BrN3O4. The fourth-order valence-electron chi connectivity index (χ4n) is 2.77. The van der Waals surface area contributed by atoms with Crippen LogP contribution in [0.3, 0.4) is 0 Å². The van der Waals surface area contributed by atoms with Crippen molar-refractivity contribution >= 4 is 45.2 Å². The summed E-state index contributed by atoms with van der Waals surface area (Å²) in [6.07, 6.45) is 1.48. The van der Waals surface area contributed by atoms with Crippen molar-refractivity contribution in [3.05, 3.63) is 88.4 Å². The second kappa shape index (κ2) is 11.5. The van der Waals surface area contributed by atoms with Crippen molar-refractivity contribution in [2.75, 3.05) is 24.4 Å². The Kier molecular flexibility index (Phi) is 8.22. The SMILES string of the molecule is COc1ccc(NC(=O)COc2ccc(/C=C(\C#N)C(=O)Nc3ccccc3)cc2Br)cc1. The van der Waals surface area contributed by atoms with Gasteiger partial charge in [0, 0.05) is 11.4 Å². The number of ether oxygens (including phenoxy) is 2. The van der Waals surface area contributed by atoms with E-state index in [1.54, 1.807) is 73.8 Å². The first-order chi connectivity index (χ1) is 16.0. The van der Waals surface area contributed by atoms with Crippen LogP contribution in [0.2, 0.25) is 0 Å². The average molecular weight is 506 g/mol. The Balaban J connectivity index is 1.60. The number of para-hydroxylation sites is 1. The lowest BCUT2D eigenvalue weighted by atomic mass is 10.1. The zero-order valence-corrected chi connectivity index (χ0v) is 19.3. The summed E-state index contributed by atoms with van der Waals surface area (Å²) in [6.45, 7) is -0.192. The standard InChI is InChI=1S/C25H20BrN3O4/c1-32-21-10-8-20(9-11-21)28-24(30)16-33-23-12-7-17(14-22(23)26)13-18(15-27)25(31)29-19-5-3-2-4-6-19/h2-14H,16H2,1H3,(H,28,30)(H,29,31)/b18-13+. The number of hydrogen-bond acceptors (Lipinski definition) is 5. The van der Waals surface area contributed by atoms with Crippen LogP contribution in [0.15, 0.2) is 82.8 Å². The minimum Gasteiger partial charge on any atom is -0.497 e. The molecule has 33 heavy (non-hydrogen) atoms. The summed E-state index contributed by atoms with van der Waals surface area (Å²) < 4.78 is 11.2. The van der Waals surface area contributed by atoms with Gasteiger partial charge in [-0.2, -0.15) is 5.26 Å². The van der Waals surface area contributed by atoms with Gasteiger partial charge in [-0.25, -0.2) is 0 Å². The Hall–Kier alpha value is -4.09. The zero-order valence-electron chi connectivity index (χ0n) is 17.7. The molecule has 0 aromatic heterocycles. The monoisotopic (exact) mass is 505 g/mol. The van der Waals surface area contributed by atoms with Crippen LogP contribution in [-0.2, 0) is 9.59 Å². The van der Waals surface area contributed by atoms with Gasteiger partial charge in [0.15, 0.2) is 6.61 Å². The highest BCUT2D eigenvalue weighted by molar-refractivity contribution is 9.10. The van der Waals surface area contributed by atoms with E-state index in [0.29, 0.717) is 32.9 Å². The van der Waals surface area contributed by atoms with Gasteiger partial charge in [0.05, 0.1) is 11.6 Å². The third kappa shape index (κ3) is 6.95. The third-order valence-corrected chi connectivity index (χ3v) is 5.02. The Bertz CT molecular complexity index is 1200. The smallest absolute Gasteiger partial charge is 0.266 e. The minimum atomic E-state index is -0.504. The number of nitrogens with zero attached hydrogens (tertiary/aromatic N) is 1. The van der Waals surface area contributed by atoms with Crippen molar-refractivity contribution in [1.29, 1.82) is 5.26 Å². The van der Waals surface area contributed by atoms with Crippen LogP contribution >= 0.6 is 15.9 Å². The Morgan fingerprint density at radius 2 is 1.70 bits per heavy atom. The molecule has 0 aliphatic carbocycles. The number of methoxy groups -OCH3 is 1. The van der Waals surface area contributed by atoms with E-state index in [0.717, 1.165) is 0 Å². The summed E-state index contributed by atoms with van der Waals surface area (Å²) in [5, 5.41) is 14.8. The van der Waals surface area contributed by atoms with Gasteiger partial charge in [-0.1, -0.05) is 24.3 Å². The number of nitriles is 1. The molecule has 0 saturated carbocycles. The van der Waals surface area contributed by atoms with Crippen molar-refractivity contribution in [2.45, 2.75) is 0 Å². The van der Waals surface area contributed by atoms with Crippen LogP contribution in [-0.4, -0.2) is 25.5 Å². The Morgan fingerprint density at radius 3 is 2.33 bits per heavy atom. The fraction of sp³-hybridized carbons (Fsp3) is 0.0800. The topological polar surface area (TPSA) is 100 Å². The third-order valence-electron chi connectivity index (χ3n) is 4.40. The number of amides is 2. The van der Waals surface area contributed by atoms with Crippen LogP contribution in [0.25, 0.3) is 6.08 Å². The summed E-state index contributed by atoms with van der Waals surface area (Å²) in [7, 11) is 1.57. The van der Waals surface area contributed by atoms with Crippen LogP contribution in [0.1, 0.15) is 5.56 Å². The van der Waals surface area contributed by atoms with E-state index in [9.17, 15) is 14.9 Å². The first-order valence-electron chi connectivity index (χ1n) is 9.83. The highest BCUT2D eigenvalue weighted by Gasteiger charge is 2.11. The number of hydrogen-bond donors (Lipinski definition) is 2. The van der Waals surface area contributed by atoms with Crippen LogP contribution in [0.4, 0.5) is 11.4 Å². The van der Waals surface area contributed by atoms with E-state index in [-0.39, 0.29) is 18.1 Å². The van der Waals surface area contributed by atoms with Crippen LogP contribution < -0.4 is 20.1 Å². The van der Waals surface area contributed by atoms with Gasteiger partial charge in [-0.05, 0) is 76.1 Å². The second-order valence-electron chi connectivity index (χ2n) is 6.75. The highest BCUT2D eigenvalue weighted by Crippen LogP contribution is 2.27. The van der Waals surface area contributed by atoms with Gasteiger partial charge < -0.3 is 20.1 Å². The predicted molar refractivity (Wildman–Crippen MR) is 130 cm³/mol. The van der Waals surface area contributed by atoms with Crippen molar-refractivity contribution in [2.24, 2.45) is 0 Å². The summed E-state index contributed by atoms with van der Waals surface area (Å²) in [6, 6.07) is 22.8. The molecule has 0 spiro atoms. The number of rotatable bonds is 8. The molecule has 3 rings (SSSR count). The molecule has 0 unspecified atom stereocenters. The van der Waals surface area contributed by atoms with Crippen LogP contribution in [0.5, 0.6) is 11.5 Å². The minimum absolute atomic E-state index is 0.0432. The molecule has 166 valence electrons. The molecule has 0 bridgehead atoms. The fourth-order valence-corrected chi connectivity index (χ4v) is 3.28. The van der Waals surface area contributed by atoms with Crippen molar-refractivity contribution in [3.8, 4) is 17.6 Å². The number of benzene rings is 3. The molecular weight excluding hydrogens is 486 g/mol. The van der Waals surface area contributed by atoms with E-state index >= 15 is 0 Å². The summed E-state index contributed by atoms with van der Waals surface area (Å²) in [5.74, 6) is 0.319. The molecule has 7 nitrogen and oxygen atoms in total. The first kappa shape index (κ1) is 23.6. The predicted octanol–water partition coefficient (Wildman–Crippen LogP) is 5.02. The number of carbonyl (C=O) groups excluding carboxylic acids is 2. The summed E-state index contributed by atoms with van der Waals surface area (Å²) in [5.41, 5.74) is 1.80. The van der Waals surface area contributed by atoms with Gasteiger partial charge in [-0.15, -0.1) is 0 Å². The Labute approximate surface area is 199 Å². The molecule has 0 heterocycles. The van der Waals surface area contributed by atoms with Gasteiger partial charge in [0.2, 0.25) is 0 Å². The number of nitrogens with one attached hydrogen (secondary N) is 2. The van der Waals surface area contributed by atoms with E-state index in [2.05, 4.69) is 26.6 Å². The second-order valence-corrected chi connectivity index (χ2v) is 7.60. The molecule has 0 aliphatic heterocycles. The molecule has 3 aromatic carbocycles. The van der Waals surface area contributed by atoms with E-state index in [4.69, 9.17) is 9.47 Å². The van der Waals surface area contributed by atoms with E-state index < -0.39 is 5.91 Å². The van der Waals surface area contributed by atoms with Gasteiger partial charge >= 0.3 is 0 Å². The maximum atomic E-state index is 12.4. The molecule has 2 amide bonds. The Morgan fingerprint density at radius 1 is 1.00 bits per heavy atom. The van der Waals surface area contributed by atoms with Gasteiger partial charge in [0.25, 0.3) is 11.8 Å². The van der Waals surface area contributed by atoms with Crippen molar-refractivity contribution in [1.82, 2.24) is 0 Å². The lowest BCUT2D eigenvalue weighted by molar-refractivity contribution is -0.118. The maximum absolute atomic E-state index is 12.4. The normalized spacial score (nSPS) is 10.6. The number of anilines is 2. The molecule has 0 radical (unpaired) electrons. The molecule has 2 N–H and O–H groups in total. The molecule has 0 atom stereocenters. The summed E-state index contributed by atoms with van der Waals surface area (Å²) in [4.78, 5) is 24.5. The van der Waals surface area contributed by atoms with E-state index in [1.165, 1.54) is 6.08 Å². The lowest BCUT2D eigenvalue weighted by Crippen LogP contribution is -2.20. The number of carbonyl (C=O) groups is 2. The first-order valence-corrected chi connectivity index (χ1v) is 10.6. The summed E-state index contributed by atoms with van der Waals surface area (Å²) >= 11 is 3.40. The largest absolute Gasteiger partial charge is 0.497 e. The van der Waals surface area contributed by atoms with Crippen molar-refractivity contribution < 1.29 is 19.1 Å². The van der Waals surface area contributed by atoms with Gasteiger partial charge in [0.1, 0.15) is 23.1 Å². The van der Waals surface area contributed by atoms with Crippen LogP contribution in [0, 0.1) is 11.3 Å². The molecule has 8 heteroatoms. The lowest BCUT2D eigenvalue weighted by Gasteiger charge is -2.10. The van der Waals surface area contributed by atoms with Gasteiger partial charge in [-0.3, -0.25) is 9.59 Å². The highest BCUT2D eigenvalue weighted by atomic mass is 79.9. The van der Waals surface area contributed by atoms with Crippen molar-refractivity contribution in [3.63, 3.8) is 0 Å². The molecule has 3 aromatic rings. The van der Waals surface area contributed by atoms with E-state index in [1.807, 2.05) is 12.1 Å². The zero-order chi connectivity index (χ0) is 23.6. The number of halogens is 1. The maximum Gasteiger partial charge on any atom is 0.266 e. The molecule has 0 saturated heterocycles. The molecule has 0 fully saturated rings. The molecule has 0 aliphatic rings. The quantitative estimate of drug-likeness (QED) is 0.330.